The molecular weight excluding hydrogens is 149 g/mol. The topological polar surface area (TPSA) is 37.3 Å². The highest BCUT2D eigenvalue weighted by atomic mass is 19.4. The van der Waals surface area contributed by atoms with Gasteiger partial charge in [-0.05, 0) is 0 Å². The largest absolute Gasteiger partial charge is 0.478 e. The molecular formula is C5H5F3O2. The van der Waals surface area contributed by atoms with Crippen molar-refractivity contribution in [3.8, 4) is 0 Å². The van der Waals surface area contributed by atoms with Crippen molar-refractivity contribution in [1.82, 2.24) is 0 Å². The molecule has 0 heterocycles. The highest BCUT2D eigenvalue weighted by Gasteiger charge is 2.30. The van der Waals surface area contributed by atoms with Gasteiger partial charge in [0.25, 0.3) is 0 Å². The lowest BCUT2D eigenvalue weighted by atomic mass is 10.2. The summed E-state index contributed by atoms with van der Waals surface area (Å²) in [5.41, 5.74) is -0.840. The molecule has 0 aliphatic rings. The third kappa shape index (κ3) is 3.94. The number of rotatable bonds is 2. The first kappa shape index (κ1) is 9.00. The van der Waals surface area contributed by atoms with Gasteiger partial charge < -0.3 is 5.11 Å². The zero-order valence-corrected chi connectivity index (χ0v) is 4.90. The van der Waals surface area contributed by atoms with Crippen molar-refractivity contribution < 1.29 is 23.1 Å². The van der Waals surface area contributed by atoms with E-state index < -0.39 is 24.1 Å². The first-order valence-corrected chi connectivity index (χ1v) is 2.31. The minimum Gasteiger partial charge on any atom is -0.478 e. The third-order valence-electron chi connectivity index (χ3n) is 0.716. The molecule has 58 valence electrons. The van der Waals surface area contributed by atoms with E-state index in [9.17, 15) is 18.0 Å². The molecule has 10 heavy (non-hydrogen) atoms. The van der Waals surface area contributed by atoms with E-state index in [0.29, 0.717) is 0 Å². The zero-order valence-electron chi connectivity index (χ0n) is 4.90. The van der Waals surface area contributed by atoms with E-state index in [1.165, 1.54) is 0 Å². The molecule has 0 aromatic carbocycles. The predicted octanol–water partition coefficient (Wildman–Crippen LogP) is 1.58. The van der Waals surface area contributed by atoms with Crippen molar-refractivity contribution in [3.63, 3.8) is 0 Å². The molecule has 0 aromatic heterocycles. The summed E-state index contributed by atoms with van der Waals surface area (Å²) in [6.07, 6.45) is -5.93. The summed E-state index contributed by atoms with van der Waals surface area (Å²) in [7, 11) is 0. The fourth-order valence-corrected chi connectivity index (χ4v) is 0.318. The van der Waals surface area contributed by atoms with Crippen LogP contribution in [0.25, 0.3) is 0 Å². The molecule has 0 aliphatic carbocycles. The maximum atomic E-state index is 11.3. The van der Waals surface area contributed by atoms with Crippen molar-refractivity contribution in [2.24, 2.45) is 0 Å². The summed E-state index contributed by atoms with van der Waals surface area (Å²) in [6.45, 7) is 2.72. The number of halogens is 3. The summed E-state index contributed by atoms with van der Waals surface area (Å²) in [5, 5.41) is 7.95. The van der Waals surface area contributed by atoms with Crippen molar-refractivity contribution in [2.75, 3.05) is 0 Å². The van der Waals surface area contributed by atoms with E-state index in [1.807, 2.05) is 0 Å². The second kappa shape index (κ2) is 2.72. The normalized spacial score (nSPS) is 11.1. The van der Waals surface area contributed by atoms with Crippen LogP contribution in [0.15, 0.2) is 12.2 Å². The molecule has 0 unspecified atom stereocenters. The van der Waals surface area contributed by atoms with Crippen LogP contribution < -0.4 is 0 Å². The quantitative estimate of drug-likeness (QED) is 0.613. The lowest BCUT2D eigenvalue weighted by molar-refractivity contribution is -0.142. The van der Waals surface area contributed by atoms with Crippen molar-refractivity contribution >= 4 is 5.97 Å². The summed E-state index contributed by atoms with van der Waals surface area (Å²) >= 11 is 0. The van der Waals surface area contributed by atoms with Crippen molar-refractivity contribution in [3.05, 3.63) is 12.2 Å². The standard InChI is InChI=1S/C5H5F3O2/c1-3(4(9)10)2-5(6,7)8/h1-2H2,(H,9,10). The van der Waals surface area contributed by atoms with Gasteiger partial charge in [-0.1, -0.05) is 6.58 Å². The Morgan fingerprint density at radius 1 is 1.50 bits per heavy atom. The highest BCUT2D eigenvalue weighted by molar-refractivity contribution is 5.85. The molecule has 0 atom stereocenters. The number of carboxylic acid groups (broad SMARTS) is 1. The van der Waals surface area contributed by atoms with Crippen molar-refractivity contribution in [1.29, 1.82) is 0 Å². The summed E-state index contributed by atoms with van der Waals surface area (Å²) in [4.78, 5) is 9.78. The van der Waals surface area contributed by atoms with Crippen LogP contribution in [-0.2, 0) is 4.79 Å². The minimum atomic E-state index is -4.48. The molecule has 0 spiro atoms. The predicted molar refractivity (Wildman–Crippen MR) is 27.4 cm³/mol. The Labute approximate surface area is 55.0 Å². The molecule has 0 fully saturated rings. The number of hydrogen-bond acceptors (Lipinski definition) is 1. The van der Waals surface area contributed by atoms with Crippen molar-refractivity contribution in [2.45, 2.75) is 12.6 Å². The van der Waals surface area contributed by atoms with Crippen LogP contribution in [0.3, 0.4) is 0 Å². The van der Waals surface area contributed by atoms with Gasteiger partial charge in [0.1, 0.15) is 0 Å². The molecule has 0 rings (SSSR count). The summed E-state index contributed by atoms with van der Waals surface area (Å²) < 4.78 is 34.0. The Morgan fingerprint density at radius 3 is 2.00 bits per heavy atom. The van der Waals surface area contributed by atoms with Gasteiger partial charge in [0.05, 0.1) is 6.42 Å². The monoisotopic (exact) mass is 154 g/mol. The smallest absolute Gasteiger partial charge is 0.393 e. The van der Waals surface area contributed by atoms with E-state index in [1.54, 1.807) is 0 Å². The maximum Gasteiger partial charge on any atom is 0.393 e. The van der Waals surface area contributed by atoms with E-state index in [-0.39, 0.29) is 0 Å². The van der Waals surface area contributed by atoms with Gasteiger partial charge >= 0.3 is 12.1 Å². The Hall–Kier alpha value is -1.00. The average Bonchev–Trinajstić information content (AvgIpc) is 1.60. The first-order chi connectivity index (χ1) is 4.33. The van der Waals surface area contributed by atoms with Crippen LogP contribution in [0.4, 0.5) is 13.2 Å². The average molecular weight is 154 g/mol. The fraction of sp³-hybridized carbons (Fsp3) is 0.400. The Morgan fingerprint density at radius 2 is 1.90 bits per heavy atom. The molecule has 0 radical (unpaired) electrons. The van der Waals surface area contributed by atoms with E-state index in [0.717, 1.165) is 0 Å². The van der Waals surface area contributed by atoms with Gasteiger partial charge in [0.15, 0.2) is 0 Å². The van der Waals surface area contributed by atoms with Crippen LogP contribution >= 0.6 is 0 Å². The number of hydrogen-bond donors (Lipinski definition) is 1. The van der Waals surface area contributed by atoms with Gasteiger partial charge in [-0.3, -0.25) is 0 Å². The molecule has 0 bridgehead atoms. The number of alkyl halides is 3. The zero-order chi connectivity index (χ0) is 8.36. The maximum absolute atomic E-state index is 11.3. The van der Waals surface area contributed by atoms with Gasteiger partial charge in [-0.15, -0.1) is 0 Å². The molecule has 0 amide bonds. The first-order valence-electron chi connectivity index (χ1n) is 2.31. The van der Waals surface area contributed by atoms with Crippen LogP contribution in [0.1, 0.15) is 6.42 Å². The fourth-order valence-electron chi connectivity index (χ4n) is 0.318. The van der Waals surface area contributed by atoms with Gasteiger partial charge in [0, 0.05) is 5.57 Å². The summed E-state index contributed by atoms with van der Waals surface area (Å²) in [5.74, 6) is -1.61. The Bertz CT molecular complexity index is 159. The van der Waals surface area contributed by atoms with Gasteiger partial charge in [-0.25, -0.2) is 4.79 Å². The van der Waals surface area contributed by atoms with Crippen LogP contribution in [-0.4, -0.2) is 17.3 Å². The molecule has 2 nitrogen and oxygen atoms in total. The van der Waals surface area contributed by atoms with Crippen LogP contribution in [0, 0.1) is 0 Å². The summed E-state index contributed by atoms with van der Waals surface area (Å²) in [6, 6.07) is 0. The minimum absolute atomic E-state index is 0.840. The molecule has 0 saturated heterocycles. The SMILES string of the molecule is C=C(CC(F)(F)F)C(=O)O. The molecule has 0 aliphatic heterocycles. The van der Waals surface area contributed by atoms with E-state index in [4.69, 9.17) is 5.11 Å². The second-order valence-electron chi connectivity index (χ2n) is 1.70. The molecule has 0 saturated carbocycles. The number of carbonyl (C=O) groups is 1. The third-order valence-corrected chi connectivity index (χ3v) is 0.716. The molecule has 1 N–H and O–H groups in total. The lowest BCUT2D eigenvalue weighted by Gasteiger charge is -2.03. The van der Waals surface area contributed by atoms with Gasteiger partial charge in [-0.2, -0.15) is 13.2 Å². The Balaban J connectivity index is 3.93. The lowest BCUT2D eigenvalue weighted by Crippen LogP contribution is -2.12. The number of aliphatic carboxylic acids is 1. The Kier molecular flexibility index (Phi) is 2.45. The van der Waals surface area contributed by atoms with Crippen LogP contribution in [0.5, 0.6) is 0 Å². The van der Waals surface area contributed by atoms with Crippen LogP contribution in [0.2, 0.25) is 0 Å². The van der Waals surface area contributed by atoms with Gasteiger partial charge in [0.2, 0.25) is 0 Å². The molecule has 0 aromatic rings. The highest BCUT2D eigenvalue weighted by Crippen LogP contribution is 2.23. The molecule has 5 heteroatoms. The van der Waals surface area contributed by atoms with E-state index in [2.05, 4.69) is 6.58 Å². The second-order valence-corrected chi connectivity index (χ2v) is 1.70. The number of carboxylic acids is 1. The van der Waals surface area contributed by atoms with E-state index >= 15 is 0 Å².